The molecule has 2 rings (SSSR count). The van der Waals surface area contributed by atoms with Gasteiger partial charge in [-0.3, -0.25) is 4.79 Å². The quantitative estimate of drug-likeness (QED) is 0.825. The minimum absolute atomic E-state index is 0.255. The standard InChI is InChI=1S/C12H16N2O4/c1-17-9-6-10(18-2)14-11(13-9)8(12(15)16)5-7-3-4-7/h6-8H,3-5H2,1-2H3,(H,15,16). The first-order chi connectivity index (χ1) is 8.63. The van der Waals surface area contributed by atoms with Crippen LogP contribution < -0.4 is 9.47 Å². The molecule has 0 aromatic carbocycles. The molecule has 0 aliphatic heterocycles. The van der Waals surface area contributed by atoms with Crippen molar-refractivity contribution in [3.8, 4) is 11.8 Å². The molecule has 0 radical (unpaired) electrons. The molecular weight excluding hydrogens is 236 g/mol. The summed E-state index contributed by atoms with van der Waals surface area (Å²) in [5.41, 5.74) is 0. The fraction of sp³-hybridized carbons (Fsp3) is 0.583. The predicted molar refractivity (Wildman–Crippen MR) is 62.9 cm³/mol. The largest absolute Gasteiger partial charge is 0.481 e. The van der Waals surface area contributed by atoms with E-state index >= 15 is 0 Å². The Labute approximate surface area is 105 Å². The number of hydrogen-bond acceptors (Lipinski definition) is 5. The van der Waals surface area contributed by atoms with Crippen LogP contribution in [0, 0.1) is 5.92 Å². The van der Waals surface area contributed by atoms with Crippen LogP contribution >= 0.6 is 0 Å². The van der Waals surface area contributed by atoms with Gasteiger partial charge in [0.1, 0.15) is 5.92 Å². The van der Waals surface area contributed by atoms with Crippen molar-refractivity contribution in [3.63, 3.8) is 0 Å². The number of nitrogens with zero attached hydrogens (tertiary/aromatic N) is 2. The molecule has 1 N–H and O–H groups in total. The van der Waals surface area contributed by atoms with Gasteiger partial charge in [0.15, 0.2) is 5.82 Å². The Hall–Kier alpha value is -1.85. The minimum atomic E-state index is -0.905. The van der Waals surface area contributed by atoms with E-state index in [4.69, 9.17) is 9.47 Å². The molecule has 0 amide bonds. The van der Waals surface area contributed by atoms with Crippen LogP contribution in [0.25, 0.3) is 0 Å². The van der Waals surface area contributed by atoms with Gasteiger partial charge < -0.3 is 14.6 Å². The van der Waals surface area contributed by atoms with Gasteiger partial charge in [0, 0.05) is 0 Å². The molecule has 18 heavy (non-hydrogen) atoms. The van der Waals surface area contributed by atoms with E-state index in [1.807, 2.05) is 0 Å². The van der Waals surface area contributed by atoms with Gasteiger partial charge in [-0.1, -0.05) is 12.8 Å². The molecule has 1 saturated carbocycles. The monoisotopic (exact) mass is 252 g/mol. The highest BCUT2D eigenvalue weighted by Crippen LogP contribution is 2.38. The average molecular weight is 252 g/mol. The van der Waals surface area contributed by atoms with Gasteiger partial charge >= 0.3 is 5.97 Å². The fourth-order valence-corrected chi connectivity index (χ4v) is 1.79. The molecule has 1 aliphatic rings. The summed E-state index contributed by atoms with van der Waals surface area (Å²) in [5.74, 6) is -0.228. The van der Waals surface area contributed by atoms with Gasteiger partial charge in [0.25, 0.3) is 0 Å². The number of carboxylic acid groups (broad SMARTS) is 1. The Balaban J connectivity index is 2.29. The number of aliphatic carboxylic acids is 1. The van der Waals surface area contributed by atoms with Gasteiger partial charge in [0.2, 0.25) is 11.8 Å². The lowest BCUT2D eigenvalue weighted by Crippen LogP contribution is -2.16. The number of carboxylic acids is 1. The summed E-state index contributed by atoms with van der Waals surface area (Å²) in [7, 11) is 2.95. The van der Waals surface area contributed by atoms with Crippen LogP contribution in [-0.4, -0.2) is 35.3 Å². The highest BCUT2D eigenvalue weighted by atomic mass is 16.5. The van der Waals surface area contributed by atoms with E-state index in [-0.39, 0.29) is 5.82 Å². The minimum Gasteiger partial charge on any atom is -0.481 e. The smallest absolute Gasteiger partial charge is 0.314 e. The Bertz CT molecular complexity index is 423. The number of methoxy groups -OCH3 is 2. The van der Waals surface area contributed by atoms with Gasteiger partial charge in [-0.15, -0.1) is 0 Å². The van der Waals surface area contributed by atoms with E-state index in [9.17, 15) is 9.90 Å². The zero-order valence-corrected chi connectivity index (χ0v) is 10.4. The Morgan fingerprint density at radius 3 is 2.33 bits per heavy atom. The molecule has 1 heterocycles. The lowest BCUT2D eigenvalue weighted by atomic mass is 10.0. The summed E-state index contributed by atoms with van der Waals surface area (Å²) < 4.78 is 10.0. The van der Waals surface area contributed by atoms with Crippen molar-refractivity contribution in [2.75, 3.05) is 14.2 Å². The SMILES string of the molecule is COc1cc(OC)nc(C(CC2CC2)C(=O)O)n1. The van der Waals surface area contributed by atoms with E-state index in [2.05, 4.69) is 9.97 Å². The molecular formula is C12H16N2O4. The lowest BCUT2D eigenvalue weighted by molar-refractivity contribution is -0.139. The first-order valence-corrected chi connectivity index (χ1v) is 5.83. The molecule has 1 aromatic heterocycles. The van der Waals surface area contributed by atoms with Crippen molar-refractivity contribution in [1.82, 2.24) is 9.97 Å². The van der Waals surface area contributed by atoms with Gasteiger partial charge in [-0.2, -0.15) is 9.97 Å². The number of rotatable bonds is 6. The maximum Gasteiger partial charge on any atom is 0.314 e. The second-order valence-corrected chi connectivity index (χ2v) is 4.38. The molecule has 98 valence electrons. The highest BCUT2D eigenvalue weighted by molar-refractivity contribution is 5.75. The van der Waals surface area contributed by atoms with Crippen molar-refractivity contribution in [1.29, 1.82) is 0 Å². The summed E-state index contributed by atoms with van der Waals surface area (Å²) in [6.07, 6.45) is 2.75. The second kappa shape index (κ2) is 5.20. The van der Waals surface area contributed by atoms with Crippen LogP contribution in [-0.2, 0) is 4.79 Å². The molecule has 0 saturated heterocycles. The summed E-state index contributed by atoms with van der Waals surface area (Å²) in [5, 5.41) is 9.27. The molecule has 1 atom stereocenters. The van der Waals surface area contributed by atoms with Crippen molar-refractivity contribution < 1.29 is 19.4 Å². The summed E-state index contributed by atoms with van der Waals surface area (Å²) >= 11 is 0. The van der Waals surface area contributed by atoms with Crippen molar-refractivity contribution in [2.45, 2.75) is 25.2 Å². The Kier molecular flexibility index (Phi) is 3.64. The number of ether oxygens (including phenoxy) is 2. The van der Waals surface area contributed by atoms with Crippen LogP contribution in [0.4, 0.5) is 0 Å². The summed E-state index contributed by atoms with van der Waals surface area (Å²) in [6.45, 7) is 0. The van der Waals surface area contributed by atoms with E-state index in [1.54, 1.807) is 0 Å². The van der Waals surface area contributed by atoms with Crippen LogP contribution in [0.3, 0.4) is 0 Å². The molecule has 0 spiro atoms. The average Bonchev–Trinajstić information content (AvgIpc) is 3.18. The van der Waals surface area contributed by atoms with E-state index in [0.717, 1.165) is 12.8 Å². The molecule has 0 bridgehead atoms. The first kappa shape index (κ1) is 12.6. The van der Waals surface area contributed by atoms with Crippen molar-refractivity contribution in [3.05, 3.63) is 11.9 Å². The molecule has 6 heteroatoms. The Morgan fingerprint density at radius 1 is 1.39 bits per heavy atom. The normalized spacial score (nSPS) is 16.1. The third kappa shape index (κ3) is 2.88. The van der Waals surface area contributed by atoms with Crippen molar-refractivity contribution >= 4 is 5.97 Å². The van der Waals surface area contributed by atoms with Gasteiger partial charge in [0.05, 0.1) is 20.3 Å². The van der Waals surface area contributed by atoms with E-state index in [0.29, 0.717) is 24.1 Å². The van der Waals surface area contributed by atoms with Crippen LogP contribution in [0.5, 0.6) is 11.8 Å². The van der Waals surface area contributed by atoms with E-state index in [1.165, 1.54) is 20.3 Å². The van der Waals surface area contributed by atoms with Crippen LogP contribution in [0.2, 0.25) is 0 Å². The number of hydrogen-bond donors (Lipinski definition) is 1. The lowest BCUT2D eigenvalue weighted by Gasteiger charge is -2.12. The zero-order valence-electron chi connectivity index (χ0n) is 10.4. The van der Waals surface area contributed by atoms with Gasteiger partial charge in [-0.05, 0) is 12.3 Å². The Morgan fingerprint density at radius 2 is 1.94 bits per heavy atom. The third-order valence-corrected chi connectivity index (χ3v) is 2.99. The number of aromatic nitrogens is 2. The maximum atomic E-state index is 11.3. The van der Waals surface area contributed by atoms with Gasteiger partial charge in [-0.25, -0.2) is 0 Å². The molecule has 1 fully saturated rings. The predicted octanol–water partition coefficient (Wildman–Crippen LogP) is 1.46. The topological polar surface area (TPSA) is 81.5 Å². The zero-order chi connectivity index (χ0) is 13.1. The summed E-state index contributed by atoms with van der Waals surface area (Å²) in [6, 6.07) is 1.53. The van der Waals surface area contributed by atoms with Crippen molar-refractivity contribution in [2.24, 2.45) is 5.92 Å². The first-order valence-electron chi connectivity index (χ1n) is 5.83. The highest BCUT2D eigenvalue weighted by Gasteiger charge is 2.32. The summed E-state index contributed by atoms with van der Waals surface area (Å²) in [4.78, 5) is 19.5. The fourth-order valence-electron chi connectivity index (χ4n) is 1.79. The van der Waals surface area contributed by atoms with Crippen LogP contribution in [0.15, 0.2) is 6.07 Å². The van der Waals surface area contributed by atoms with Crippen LogP contribution in [0.1, 0.15) is 31.0 Å². The maximum absolute atomic E-state index is 11.3. The molecule has 1 aliphatic carbocycles. The molecule has 1 unspecified atom stereocenters. The second-order valence-electron chi connectivity index (χ2n) is 4.38. The molecule has 6 nitrogen and oxygen atoms in total. The third-order valence-electron chi connectivity index (χ3n) is 2.99. The molecule has 1 aromatic rings. The number of carbonyl (C=O) groups is 1. The van der Waals surface area contributed by atoms with E-state index < -0.39 is 11.9 Å².